The smallest absolute Gasteiger partial charge is 0.522 e. The molecular formula is C15H19BO6. The van der Waals surface area contributed by atoms with Crippen LogP contribution in [0.4, 0.5) is 0 Å². The molecule has 2 saturated heterocycles. The van der Waals surface area contributed by atoms with Crippen molar-refractivity contribution in [3.8, 4) is 11.5 Å². The predicted octanol–water partition coefficient (Wildman–Crippen LogP) is 1.77. The van der Waals surface area contributed by atoms with E-state index >= 15 is 0 Å². The molecule has 1 aromatic rings. The van der Waals surface area contributed by atoms with Crippen LogP contribution in [0.15, 0.2) is 24.3 Å². The molecule has 0 aromatic heterocycles. The molecule has 4 atom stereocenters. The first kappa shape index (κ1) is 14.3. The van der Waals surface area contributed by atoms with E-state index in [1.165, 1.54) is 0 Å². The highest BCUT2D eigenvalue weighted by Crippen LogP contribution is 2.40. The Kier molecular flexibility index (Phi) is 3.34. The summed E-state index contributed by atoms with van der Waals surface area (Å²) in [5, 5.41) is 0. The van der Waals surface area contributed by atoms with E-state index in [1.54, 1.807) is 7.11 Å². The number of ether oxygens (including phenoxy) is 4. The lowest BCUT2D eigenvalue weighted by Gasteiger charge is -2.35. The average molecular weight is 306 g/mol. The Balaban J connectivity index is 1.51. The minimum Gasteiger partial charge on any atom is -0.522 e. The first-order chi connectivity index (χ1) is 10.6. The number of methoxy groups -OCH3 is 1. The molecular weight excluding hydrogens is 287 g/mol. The van der Waals surface area contributed by atoms with Crippen molar-refractivity contribution in [2.75, 3.05) is 7.11 Å². The van der Waals surface area contributed by atoms with Gasteiger partial charge in [0, 0.05) is 13.5 Å². The van der Waals surface area contributed by atoms with Crippen LogP contribution in [-0.4, -0.2) is 44.5 Å². The van der Waals surface area contributed by atoms with Crippen LogP contribution in [0.3, 0.4) is 0 Å². The van der Waals surface area contributed by atoms with E-state index < -0.39 is 19.2 Å². The Morgan fingerprint density at radius 3 is 2.45 bits per heavy atom. The molecule has 3 aliphatic rings. The highest BCUT2D eigenvalue weighted by atomic mass is 16.8. The fraction of sp³-hybridized carbons (Fsp3) is 0.600. The van der Waals surface area contributed by atoms with Crippen LogP contribution < -0.4 is 9.31 Å². The van der Waals surface area contributed by atoms with Crippen molar-refractivity contribution in [3.63, 3.8) is 0 Å². The molecule has 1 aromatic carbocycles. The van der Waals surface area contributed by atoms with Crippen molar-refractivity contribution in [2.45, 2.75) is 50.6 Å². The highest BCUT2D eigenvalue weighted by molar-refractivity contribution is 6.49. The van der Waals surface area contributed by atoms with Crippen molar-refractivity contribution < 1.29 is 28.3 Å². The summed E-state index contributed by atoms with van der Waals surface area (Å²) in [7, 11) is 1.10. The van der Waals surface area contributed by atoms with Crippen molar-refractivity contribution in [3.05, 3.63) is 24.3 Å². The van der Waals surface area contributed by atoms with Crippen LogP contribution in [0.5, 0.6) is 11.5 Å². The van der Waals surface area contributed by atoms with Crippen molar-refractivity contribution in [1.29, 1.82) is 0 Å². The molecule has 3 aliphatic heterocycles. The first-order valence-corrected chi connectivity index (χ1v) is 7.52. The Bertz CT molecular complexity index is 540. The first-order valence-electron chi connectivity index (χ1n) is 7.52. The SMILES string of the molecule is COC1O[C@H](B2Oc3ccccc3O2)CC2OC(C)(C)OC21. The second-order valence-electron chi connectivity index (χ2n) is 6.20. The number of rotatable bonds is 2. The lowest BCUT2D eigenvalue weighted by Crippen LogP contribution is -2.54. The van der Waals surface area contributed by atoms with Crippen molar-refractivity contribution in [1.82, 2.24) is 0 Å². The van der Waals surface area contributed by atoms with Gasteiger partial charge in [0.25, 0.3) is 0 Å². The fourth-order valence-electron chi connectivity index (χ4n) is 3.25. The van der Waals surface area contributed by atoms with Gasteiger partial charge in [-0.15, -0.1) is 0 Å². The van der Waals surface area contributed by atoms with Crippen LogP contribution in [0.1, 0.15) is 20.3 Å². The summed E-state index contributed by atoms with van der Waals surface area (Å²) in [5.41, 5.74) is 0. The quantitative estimate of drug-likeness (QED) is 0.776. The molecule has 0 bridgehead atoms. The number of fused-ring (bicyclic) bond motifs is 2. The summed E-state index contributed by atoms with van der Waals surface area (Å²) < 4.78 is 34.9. The number of para-hydroxylation sites is 2. The van der Waals surface area contributed by atoms with Crippen LogP contribution in [0, 0.1) is 0 Å². The minimum absolute atomic E-state index is 0.102. The summed E-state index contributed by atoms with van der Waals surface area (Å²) in [6, 6.07) is 7.31. The van der Waals surface area contributed by atoms with Gasteiger partial charge in [-0.05, 0) is 26.0 Å². The lowest BCUT2D eigenvalue weighted by molar-refractivity contribution is -0.230. The second-order valence-corrected chi connectivity index (χ2v) is 6.20. The van der Waals surface area contributed by atoms with Gasteiger partial charge in [-0.25, -0.2) is 0 Å². The molecule has 3 unspecified atom stereocenters. The molecule has 6 nitrogen and oxygen atoms in total. The molecule has 0 aliphatic carbocycles. The molecule has 0 N–H and O–H groups in total. The normalized spacial score (nSPS) is 35.5. The van der Waals surface area contributed by atoms with Gasteiger partial charge in [0.2, 0.25) is 0 Å². The van der Waals surface area contributed by atoms with E-state index in [2.05, 4.69) is 0 Å². The van der Waals surface area contributed by atoms with E-state index in [4.69, 9.17) is 28.3 Å². The zero-order valence-electron chi connectivity index (χ0n) is 12.9. The largest absolute Gasteiger partial charge is 0.626 e. The van der Waals surface area contributed by atoms with Crippen LogP contribution in [-0.2, 0) is 18.9 Å². The highest BCUT2D eigenvalue weighted by Gasteiger charge is 2.55. The van der Waals surface area contributed by atoms with Gasteiger partial charge in [0.15, 0.2) is 12.1 Å². The van der Waals surface area contributed by atoms with Gasteiger partial charge in [0.05, 0.1) is 6.10 Å². The van der Waals surface area contributed by atoms with Gasteiger partial charge in [-0.1, -0.05) is 12.1 Å². The number of hydrogen-bond acceptors (Lipinski definition) is 6. The summed E-state index contributed by atoms with van der Waals surface area (Å²) in [6.07, 6.45) is -0.205. The summed E-state index contributed by atoms with van der Waals surface area (Å²) in [4.78, 5) is 0. The van der Waals surface area contributed by atoms with E-state index in [0.717, 1.165) is 11.5 Å². The Morgan fingerprint density at radius 1 is 1.14 bits per heavy atom. The monoisotopic (exact) mass is 306 g/mol. The van der Waals surface area contributed by atoms with Gasteiger partial charge < -0.3 is 28.3 Å². The van der Waals surface area contributed by atoms with Crippen LogP contribution in [0.25, 0.3) is 0 Å². The average Bonchev–Trinajstić information content (AvgIpc) is 3.04. The topological polar surface area (TPSA) is 55.4 Å². The maximum atomic E-state index is 5.98. The Morgan fingerprint density at radius 2 is 1.82 bits per heavy atom. The molecule has 4 rings (SSSR count). The van der Waals surface area contributed by atoms with Crippen molar-refractivity contribution >= 4 is 7.12 Å². The predicted molar refractivity (Wildman–Crippen MR) is 77.6 cm³/mol. The third-order valence-corrected chi connectivity index (χ3v) is 4.13. The summed E-state index contributed by atoms with van der Waals surface area (Å²) in [6.45, 7) is 3.79. The van der Waals surface area contributed by atoms with Crippen LogP contribution in [0.2, 0.25) is 0 Å². The second kappa shape index (κ2) is 5.13. The number of benzene rings is 1. The molecule has 3 heterocycles. The molecule has 22 heavy (non-hydrogen) atoms. The number of hydrogen-bond donors (Lipinski definition) is 0. The molecule has 2 fully saturated rings. The zero-order valence-corrected chi connectivity index (χ0v) is 12.9. The molecule has 0 saturated carbocycles. The third-order valence-electron chi connectivity index (χ3n) is 4.13. The zero-order chi connectivity index (χ0) is 15.3. The molecule has 0 spiro atoms. The Labute approximate surface area is 129 Å². The third kappa shape index (κ3) is 2.38. The molecule has 0 radical (unpaired) electrons. The lowest BCUT2D eigenvalue weighted by atomic mass is 9.76. The maximum Gasteiger partial charge on any atom is 0.626 e. The van der Waals surface area contributed by atoms with E-state index in [1.807, 2.05) is 38.1 Å². The molecule has 0 amide bonds. The summed E-state index contributed by atoms with van der Waals surface area (Å²) >= 11 is 0. The van der Waals surface area contributed by atoms with Crippen LogP contribution >= 0.6 is 0 Å². The van der Waals surface area contributed by atoms with Gasteiger partial charge in [-0.2, -0.15) is 0 Å². The van der Waals surface area contributed by atoms with E-state index in [0.29, 0.717) is 6.42 Å². The van der Waals surface area contributed by atoms with Gasteiger partial charge in [0.1, 0.15) is 23.6 Å². The van der Waals surface area contributed by atoms with Crippen molar-refractivity contribution in [2.24, 2.45) is 0 Å². The van der Waals surface area contributed by atoms with Gasteiger partial charge >= 0.3 is 7.12 Å². The molecule has 7 heteroatoms. The standard InChI is InChI=1S/C15H19BO6/c1-15(2)19-11-8-12(18-14(17-3)13(11)20-15)16-21-9-6-4-5-7-10(9)22-16/h4-7,11-14H,8H2,1-3H3/t11?,12-,13?,14?/m0/s1. The van der Waals surface area contributed by atoms with E-state index in [9.17, 15) is 0 Å². The summed E-state index contributed by atoms with van der Waals surface area (Å²) in [5.74, 6) is 0.831. The molecule has 118 valence electrons. The minimum atomic E-state index is -0.634. The maximum absolute atomic E-state index is 5.98. The van der Waals surface area contributed by atoms with Gasteiger partial charge in [-0.3, -0.25) is 0 Å². The van der Waals surface area contributed by atoms with E-state index in [-0.39, 0.29) is 18.2 Å². The Hall–Kier alpha value is -1.28. The fourth-order valence-corrected chi connectivity index (χ4v) is 3.25.